The van der Waals surface area contributed by atoms with Gasteiger partial charge in [-0.2, -0.15) is 0 Å². The number of nitrogens with zero attached hydrogens (tertiary/aromatic N) is 1. The van der Waals surface area contributed by atoms with E-state index in [1.165, 1.54) is 0 Å². The SMILES string of the molecule is CC(C)(C)C(O)CCCc1cnccc1N. The molecule has 3 nitrogen and oxygen atoms in total. The summed E-state index contributed by atoms with van der Waals surface area (Å²) < 4.78 is 0. The molecular formula is C13H22N2O. The van der Waals surface area contributed by atoms with Gasteiger partial charge in [-0.15, -0.1) is 0 Å². The topological polar surface area (TPSA) is 59.1 Å². The summed E-state index contributed by atoms with van der Waals surface area (Å²) in [5.41, 5.74) is 7.64. The van der Waals surface area contributed by atoms with Crippen molar-refractivity contribution in [2.75, 3.05) is 5.73 Å². The number of aromatic nitrogens is 1. The van der Waals surface area contributed by atoms with Gasteiger partial charge >= 0.3 is 0 Å². The van der Waals surface area contributed by atoms with Crippen LogP contribution in [0.5, 0.6) is 0 Å². The van der Waals surface area contributed by atoms with Crippen LogP contribution in [0.4, 0.5) is 5.69 Å². The highest BCUT2D eigenvalue weighted by atomic mass is 16.3. The van der Waals surface area contributed by atoms with E-state index in [1.54, 1.807) is 12.4 Å². The van der Waals surface area contributed by atoms with Crippen LogP contribution in [0.3, 0.4) is 0 Å². The van der Waals surface area contributed by atoms with Crippen LogP contribution in [0, 0.1) is 5.41 Å². The van der Waals surface area contributed by atoms with E-state index >= 15 is 0 Å². The van der Waals surface area contributed by atoms with Crippen molar-refractivity contribution >= 4 is 5.69 Å². The predicted octanol–water partition coefficient (Wildman–Crippen LogP) is 2.39. The summed E-state index contributed by atoms with van der Waals surface area (Å²) in [6.45, 7) is 6.16. The Balaban J connectivity index is 2.40. The van der Waals surface area contributed by atoms with E-state index in [9.17, 15) is 5.11 Å². The van der Waals surface area contributed by atoms with Gasteiger partial charge in [0, 0.05) is 18.1 Å². The minimum absolute atomic E-state index is 0.0412. The third kappa shape index (κ3) is 3.81. The van der Waals surface area contributed by atoms with Crippen molar-refractivity contribution in [1.29, 1.82) is 0 Å². The third-order valence-electron chi connectivity index (χ3n) is 2.86. The smallest absolute Gasteiger partial charge is 0.0588 e. The molecule has 0 aliphatic rings. The Morgan fingerprint density at radius 2 is 2.12 bits per heavy atom. The lowest BCUT2D eigenvalue weighted by molar-refractivity contribution is 0.0540. The van der Waals surface area contributed by atoms with Gasteiger partial charge in [0.1, 0.15) is 0 Å². The number of hydrogen-bond acceptors (Lipinski definition) is 3. The third-order valence-corrected chi connectivity index (χ3v) is 2.86. The molecule has 1 unspecified atom stereocenters. The van der Waals surface area contributed by atoms with Gasteiger partial charge in [0.15, 0.2) is 0 Å². The molecule has 0 aliphatic carbocycles. The molecule has 0 saturated carbocycles. The fourth-order valence-electron chi connectivity index (χ4n) is 1.57. The van der Waals surface area contributed by atoms with Gasteiger partial charge < -0.3 is 10.8 Å². The second-order valence-corrected chi connectivity index (χ2v) is 5.35. The quantitative estimate of drug-likeness (QED) is 0.822. The lowest BCUT2D eigenvalue weighted by atomic mass is 9.86. The van der Waals surface area contributed by atoms with Crippen molar-refractivity contribution in [3.63, 3.8) is 0 Å². The molecule has 0 saturated heterocycles. The van der Waals surface area contributed by atoms with Gasteiger partial charge in [-0.25, -0.2) is 0 Å². The first kappa shape index (κ1) is 13.0. The molecule has 1 atom stereocenters. The first-order valence-corrected chi connectivity index (χ1v) is 5.77. The van der Waals surface area contributed by atoms with Crippen molar-refractivity contribution in [3.8, 4) is 0 Å². The lowest BCUT2D eigenvalue weighted by Gasteiger charge is -2.25. The number of aryl methyl sites for hydroxylation is 1. The van der Waals surface area contributed by atoms with Crippen molar-refractivity contribution in [2.45, 2.75) is 46.1 Å². The zero-order valence-corrected chi connectivity index (χ0v) is 10.4. The number of nitrogen functional groups attached to an aromatic ring is 1. The molecule has 0 radical (unpaired) electrons. The second kappa shape index (κ2) is 5.30. The van der Waals surface area contributed by atoms with Crippen LogP contribution in [0.2, 0.25) is 0 Å². The summed E-state index contributed by atoms with van der Waals surface area (Å²) in [6, 6.07) is 1.82. The van der Waals surface area contributed by atoms with Crippen molar-refractivity contribution in [2.24, 2.45) is 5.41 Å². The van der Waals surface area contributed by atoms with Crippen LogP contribution in [-0.4, -0.2) is 16.2 Å². The molecule has 0 spiro atoms. The Kier molecular flexibility index (Phi) is 4.30. The van der Waals surface area contributed by atoms with E-state index in [1.807, 2.05) is 6.07 Å². The molecule has 1 aromatic heterocycles. The number of aliphatic hydroxyl groups is 1. The largest absolute Gasteiger partial charge is 0.398 e. The van der Waals surface area contributed by atoms with E-state index in [4.69, 9.17) is 5.73 Å². The second-order valence-electron chi connectivity index (χ2n) is 5.35. The standard InChI is InChI=1S/C13H22N2O/c1-13(2,3)12(16)6-4-5-10-9-15-8-7-11(10)14/h7-9,12,16H,4-6H2,1-3H3,(H2,14,15). The van der Waals surface area contributed by atoms with Crippen LogP contribution in [0.1, 0.15) is 39.2 Å². The first-order chi connectivity index (χ1) is 7.41. The summed E-state index contributed by atoms with van der Waals surface area (Å²) >= 11 is 0. The highest BCUT2D eigenvalue weighted by molar-refractivity contribution is 5.44. The highest BCUT2D eigenvalue weighted by Gasteiger charge is 2.21. The normalized spacial score (nSPS) is 13.8. The Morgan fingerprint density at radius 1 is 1.44 bits per heavy atom. The zero-order chi connectivity index (χ0) is 12.2. The summed E-state index contributed by atoms with van der Waals surface area (Å²) in [6.07, 6.45) is 5.87. The van der Waals surface area contributed by atoms with E-state index in [0.29, 0.717) is 0 Å². The Bertz CT molecular complexity index is 331. The number of rotatable bonds is 4. The van der Waals surface area contributed by atoms with Crippen molar-refractivity contribution in [3.05, 3.63) is 24.0 Å². The number of nitrogens with two attached hydrogens (primary N) is 1. The molecule has 1 rings (SSSR count). The minimum atomic E-state index is -0.259. The number of aliphatic hydroxyl groups excluding tert-OH is 1. The Labute approximate surface area is 97.7 Å². The highest BCUT2D eigenvalue weighted by Crippen LogP contribution is 2.23. The van der Waals surface area contributed by atoms with Crippen LogP contribution >= 0.6 is 0 Å². The van der Waals surface area contributed by atoms with Gasteiger partial charge in [0.25, 0.3) is 0 Å². The molecule has 0 fully saturated rings. The fraction of sp³-hybridized carbons (Fsp3) is 0.615. The predicted molar refractivity (Wildman–Crippen MR) is 67.0 cm³/mol. The summed E-state index contributed by atoms with van der Waals surface area (Å²) in [4.78, 5) is 4.05. The number of hydrogen-bond donors (Lipinski definition) is 2. The molecule has 3 N–H and O–H groups in total. The molecule has 0 aromatic carbocycles. The Hall–Kier alpha value is -1.09. The monoisotopic (exact) mass is 222 g/mol. The van der Waals surface area contributed by atoms with Crippen LogP contribution in [0.15, 0.2) is 18.5 Å². The average molecular weight is 222 g/mol. The number of pyridine rings is 1. The fourth-order valence-corrected chi connectivity index (χ4v) is 1.57. The molecular weight excluding hydrogens is 200 g/mol. The van der Waals surface area contributed by atoms with Crippen molar-refractivity contribution in [1.82, 2.24) is 4.98 Å². The average Bonchev–Trinajstić information content (AvgIpc) is 2.19. The van der Waals surface area contributed by atoms with Crippen LogP contribution in [-0.2, 0) is 6.42 Å². The molecule has 0 aliphatic heterocycles. The molecule has 3 heteroatoms. The van der Waals surface area contributed by atoms with E-state index in [-0.39, 0.29) is 11.5 Å². The molecule has 1 aromatic rings. The molecule has 90 valence electrons. The van der Waals surface area contributed by atoms with Crippen molar-refractivity contribution < 1.29 is 5.11 Å². The van der Waals surface area contributed by atoms with Gasteiger partial charge in [-0.3, -0.25) is 4.98 Å². The zero-order valence-electron chi connectivity index (χ0n) is 10.4. The summed E-state index contributed by atoms with van der Waals surface area (Å²) in [7, 11) is 0. The lowest BCUT2D eigenvalue weighted by Crippen LogP contribution is -2.25. The number of anilines is 1. The van der Waals surface area contributed by atoms with Gasteiger partial charge in [0.05, 0.1) is 6.10 Å². The van der Waals surface area contributed by atoms with Crippen LogP contribution < -0.4 is 5.73 Å². The minimum Gasteiger partial charge on any atom is -0.398 e. The maximum absolute atomic E-state index is 9.89. The maximum atomic E-state index is 9.89. The van der Waals surface area contributed by atoms with E-state index in [0.717, 1.165) is 30.5 Å². The first-order valence-electron chi connectivity index (χ1n) is 5.77. The maximum Gasteiger partial charge on any atom is 0.0588 e. The van der Waals surface area contributed by atoms with Gasteiger partial charge in [0.2, 0.25) is 0 Å². The van der Waals surface area contributed by atoms with E-state index in [2.05, 4.69) is 25.8 Å². The summed E-state index contributed by atoms with van der Waals surface area (Å²) in [5, 5.41) is 9.89. The van der Waals surface area contributed by atoms with Gasteiger partial charge in [-0.05, 0) is 36.3 Å². The van der Waals surface area contributed by atoms with Gasteiger partial charge in [-0.1, -0.05) is 20.8 Å². The molecule has 0 bridgehead atoms. The molecule has 1 heterocycles. The van der Waals surface area contributed by atoms with Crippen LogP contribution in [0.25, 0.3) is 0 Å². The summed E-state index contributed by atoms with van der Waals surface area (Å²) in [5.74, 6) is 0. The molecule has 16 heavy (non-hydrogen) atoms. The van der Waals surface area contributed by atoms with E-state index < -0.39 is 0 Å². The molecule has 0 amide bonds. The Morgan fingerprint density at radius 3 is 2.69 bits per heavy atom.